The van der Waals surface area contributed by atoms with Crippen molar-refractivity contribution in [2.45, 2.75) is 46.1 Å². The predicted octanol–water partition coefficient (Wildman–Crippen LogP) is 7.99. The number of fused-ring (bicyclic) bond motifs is 1. The number of amides is 3. The molecule has 2 aromatic heterocycles. The van der Waals surface area contributed by atoms with Crippen LogP contribution >= 0.6 is 11.8 Å². The van der Waals surface area contributed by atoms with Crippen molar-refractivity contribution in [3.05, 3.63) is 102 Å². The first-order chi connectivity index (χ1) is 21.9. The Morgan fingerprint density at radius 3 is 2.51 bits per heavy atom. The summed E-state index contributed by atoms with van der Waals surface area (Å²) in [5, 5.41) is 15.4. The third-order valence-electron chi connectivity index (χ3n) is 7.22. The molecule has 0 atom stereocenters. The molecule has 0 unspecified atom stereocenters. The summed E-state index contributed by atoms with van der Waals surface area (Å²) in [6.07, 6.45) is 6.99. The largest absolute Gasteiger partial charge is 0.488 e. The van der Waals surface area contributed by atoms with Gasteiger partial charge in [0.25, 0.3) is 0 Å². The van der Waals surface area contributed by atoms with Crippen molar-refractivity contribution >= 4 is 51.8 Å². The number of hydrogen-bond donors (Lipinski definition) is 3. The average molecular weight is 623 g/mol. The Kier molecular flexibility index (Phi) is 10.7. The molecule has 5 rings (SSSR count). The second-order valence-corrected chi connectivity index (χ2v) is 11.7. The topological polar surface area (TPSA) is 110 Å². The zero-order valence-corrected chi connectivity index (χ0v) is 26.6. The van der Waals surface area contributed by atoms with E-state index >= 15 is 0 Å². The number of rotatable bonds is 13. The predicted molar refractivity (Wildman–Crippen MR) is 184 cm³/mol. The van der Waals surface area contributed by atoms with Crippen LogP contribution in [0, 0.1) is 6.92 Å². The second-order valence-electron chi connectivity index (χ2n) is 10.7. The van der Waals surface area contributed by atoms with E-state index in [1.165, 1.54) is 0 Å². The molecule has 0 radical (unpaired) electrons. The van der Waals surface area contributed by atoms with Crippen LogP contribution in [-0.4, -0.2) is 38.7 Å². The number of carbonyl (C=O) groups excluding carboxylic acids is 2. The monoisotopic (exact) mass is 622 g/mol. The zero-order valence-electron chi connectivity index (χ0n) is 25.8. The third kappa shape index (κ3) is 8.42. The summed E-state index contributed by atoms with van der Waals surface area (Å²) in [4.78, 5) is 29.7. The third-order valence-corrected chi connectivity index (χ3v) is 7.83. The van der Waals surface area contributed by atoms with Gasteiger partial charge in [0.15, 0.2) is 0 Å². The number of urea groups is 1. The Bertz CT molecular complexity index is 1770. The summed E-state index contributed by atoms with van der Waals surface area (Å²) in [6, 6.07) is 24.8. The van der Waals surface area contributed by atoms with Gasteiger partial charge >= 0.3 is 6.03 Å². The quantitative estimate of drug-likeness (QED) is 0.123. The van der Waals surface area contributed by atoms with E-state index < -0.39 is 0 Å². The smallest absolute Gasteiger partial charge is 0.324 e. The molecular formula is C35H38N6O3S. The van der Waals surface area contributed by atoms with E-state index in [-0.39, 0.29) is 18.5 Å². The fraction of sp³-hybridized carbons (Fsp3) is 0.257. The standard InChI is InChI=1S/C35H38N6O3S/c1-4-5-8-26-22-33(41(40-26)27-13-11-24(2)12-14-27)39-35(43)37-30-15-16-31(29-10-7-6-9-28(29)30)44-23-25-17-19-36-32(21-25)38-34(42)18-20-45-3/h6-7,9-17,19,21-22H,4-5,8,18,20,23H2,1-3H3,(H,36,38,42)(H2,37,39,43). The number of unbranched alkanes of at least 4 members (excludes halogenated alkanes) is 1. The molecule has 3 aromatic carbocycles. The number of benzene rings is 3. The van der Waals surface area contributed by atoms with Crippen LogP contribution in [0.2, 0.25) is 0 Å². The minimum atomic E-state index is -0.368. The van der Waals surface area contributed by atoms with Crippen LogP contribution in [-0.2, 0) is 17.8 Å². The number of ether oxygens (including phenoxy) is 1. The molecule has 2 heterocycles. The van der Waals surface area contributed by atoms with Crippen molar-refractivity contribution in [1.82, 2.24) is 14.8 Å². The molecule has 10 heteroatoms. The highest BCUT2D eigenvalue weighted by Crippen LogP contribution is 2.32. The molecule has 3 amide bonds. The molecule has 0 saturated heterocycles. The number of anilines is 3. The van der Waals surface area contributed by atoms with Crippen molar-refractivity contribution in [2.75, 3.05) is 28.0 Å². The van der Waals surface area contributed by atoms with Gasteiger partial charge in [-0.1, -0.05) is 55.3 Å². The molecular weight excluding hydrogens is 584 g/mol. The van der Waals surface area contributed by atoms with Gasteiger partial charge in [-0.15, -0.1) is 0 Å². The number of aromatic nitrogens is 3. The van der Waals surface area contributed by atoms with E-state index in [4.69, 9.17) is 9.84 Å². The summed E-state index contributed by atoms with van der Waals surface area (Å²) < 4.78 is 7.99. The molecule has 0 bridgehead atoms. The van der Waals surface area contributed by atoms with Crippen LogP contribution < -0.4 is 20.7 Å². The van der Waals surface area contributed by atoms with Crippen molar-refractivity contribution in [3.8, 4) is 11.4 Å². The molecule has 0 aliphatic heterocycles. The summed E-state index contributed by atoms with van der Waals surface area (Å²) in [5.74, 6) is 2.47. The van der Waals surface area contributed by atoms with E-state index in [2.05, 4.69) is 27.9 Å². The average Bonchev–Trinajstić information content (AvgIpc) is 3.45. The highest BCUT2D eigenvalue weighted by molar-refractivity contribution is 7.98. The SMILES string of the molecule is CCCCc1cc(NC(=O)Nc2ccc(OCc3ccnc(NC(=O)CCSC)c3)c3ccccc23)n(-c2ccc(C)cc2)n1. The first-order valence-corrected chi connectivity index (χ1v) is 16.4. The second kappa shape index (κ2) is 15.3. The molecule has 0 aliphatic carbocycles. The first kappa shape index (κ1) is 31.6. The van der Waals surface area contributed by atoms with Crippen LogP contribution in [0.15, 0.2) is 85.1 Å². The van der Waals surface area contributed by atoms with Gasteiger partial charge < -0.3 is 15.4 Å². The molecule has 0 spiro atoms. The molecule has 3 N–H and O–H groups in total. The summed E-state index contributed by atoms with van der Waals surface area (Å²) in [7, 11) is 0. The van der Waals surface area contributed by atoms with Crippen molar-refractivity contribution in [1.29, 1.82) is 0 Å². The fourth-order valence-electron chi connectivity index (χ4n) is 4.85. The van der Waals surface area contributed by atoms with E-state index in [0.29, 0.717) is 29.5 Å². The van der Waals surface area contributed by atoms with Gasteiger partial charge in [0.1, 0.15) is 24.0 Å². The van der Waals surface area contributed by atoms with Gasteiger partial charge in [0.2, 0.25) is 5.91 Å². The van der Waals surface area contributed by atoms with Crippen LogP contribution in [0.3, 0.4) is 0 Å². The number of nitrogens with zero attached hydrogens (tertiary/aromatic N) is 3. The van der Waals surface area contributed by atoms with E-state index in [1.807, 2.05) is 92.0 Å². The molecule has 0 saturated carbocycles. The highest BCUT2D eigenvalue weighted by Gasteiger charge is 2.15. The Balaban J connectivity index is 1.30. The molecule has 45 heavy (non-hydrogen) atoms. The first-order valence-electron chi connectivity index (χ1n) is 15.1. The van der Waals surface area contributed by atoms with Crippen molar-refractivity contribution < 1.29 is 14.3 Å². The highest BCUT2D eigenvalue weighted by atomic mass is 32.2. The van der Waals surface area contributed by atoms with Crippen molar-refractivity contribution in [2.24, 2.45) is 0 Å². The van der Waals surface area contributed by atoms with Crippen LogP contribution in [0.25, 0.3) is 16.5 Å². The van der Waals surface area contributed by atoms with Gasteiger partial charge in [-0.05, 0) is 68.0 Å². The number of aryl methyl sites for hydroxylation is 2. The minimum Gasteiger partial charge on any atom is -0.488 e. The van der Waals surface area contributed by atoms with Gasteiger partial charge in [-0.3, -0.25) is 10.1 Å². The van der Waals surface area contributed by atoms with Gasteiger partial charge in [0, 0.05) is 35.2 Å². The van der Waals surface area contributed by atoms with E-state index in [9.17, 15) is 9.59 Å². The van der Waals surface area contributed by atoms with E-state index in [1.54, 1.807) is 22.6 Å². The minimum absolute atomic E-state index is 0.0652. The molecule has 5 aromatic rings. The Labute approximate surface area is 267 Å². The number of carbonyl (C=O) groups is 2. The molecule has 9 nitrogen and oxygen atoms in total. The Morgan fingerprint density at radius 2 is 1.73 bits per heavy atom. The van der Waals surface area contributed by atoms with Gasteiger partial charge in [0.05, 0.1) is 17.1 Å². The van der Waals surface area contributed by atoms with Crippen LogP contribution in [0.5, 0.6) is 5.75 Å². The van der Waals surface area contributed by atoms with Crippen LogP contribution in [0.1, 0.15) is 43.0 Å². The number of hydrogen-bond acceptors (Lipinski definition) is 6. The van der Waals surface area contributed by atoms with Gasteiger partial charge in [-0.2, -0.15) is 16.9 Å². The maximum Gasteiger partial charge on any atom is 0.324 e. The number of thioether (sulfide) groups is 1. The Morgan fingerprint density at radius 1 is 0.933 bits per heavy atom. The number of nitrogens with one attached hydrogen (secondary N) is 3. The zero-order chi connectivity index (χ0) is 31.6. The molecule has 0 aliphatic rings. The normalized spacial score (nSPS) is 10.9. The Hall–Kier alpha value is -4.83. The molecule has 232 valence electrons. The lowest BCUT2D eigenvalue weighted by Crippen LogP contribution is -2.21. The van der Waals surface area contributed by atoms with Crippen molar-refractivity contribution in [3.63, 3.8) is 0 Å². The van der Waals surface area contributed by atoms with Crippen LogP contribution in [0.4, 0.5) is 22.1 Å². The summed E-state index contributed by atoms with van der Waals surface area (Å²) in [6.45, 7) is 4.48. The summed E-state index contributed by atoms with van der Waals surface area (Å²) >= 11 is 1.63. The fourth-order valence-corrected chi connectivity index (χ4v) is 5.24. The summed E-state index contributed by atoms with van der Waals surface area (Å²) in [5.41, 5.74) is 4.49. The lowest BCUT2D eigenvalue weighted by molar-refractivity contribution is -0.115. The van der Waals surface area contributed by atoms with E-state index in [0.717, 1.165) is 58.3 Å². The van der Waals surface area contributed by atoms with Gasteiger partial charge in [-0.25, -0.2) is 14.5 Å². The number of pyridine rings is 1. The maximum absolute atomic E-state index is 13.3. The maximum atomic E-state index is 13.3. The lowest BCUT2D eigenvalue weighted by Gasteiger charge is -2.15. The molecule has 0 fully saturated rings. The lowest BCUT2D eigenvalue weighted by atomic mass is 10.1.